The molecular weight excluding hydrogens is 319 g/mol. The number of rotatable bonds is 2. The third-order valence-electron chi connectivity index (χ3n) is 2.58. The molecule has 0 spiro atoms. The van der Waals surface area contributed by atoms with Crippen molar-refractivity contribution in [3.8, 4) is 0 Å². The first-order valence-corrected chi connectivity index (χ1v) is 5.16. The van der Waals surface area contributed by atoms with E-state index in [0.717, 1.165) is 0 Å². The Bertz CT molecular complexity index is 475. The first-order valence-electron chi connectivity index (χ1n) is 5.16. The van der Waals surface area contributed by atoms with E-state index in [9.17, 15) is 39.5 Å². The molecule has 0 amide bonds. The molecule has 0 radical (unpaired) electrons. The molecule has 11 heteroatoms. The third-order valence-corrected chi connectivity index (χ3v) is 2.58. The van der Waals surface area contributed by atoms with Gasteiger partial charge in [-0.15, -0.1) is 0 Å². The van der Waals surface area contributed by atoms with Crippen LogP contribution in [0.5, 0.6) is 0 Å². The van der Waals surface area contributed by atoms with Gasteiger partial charge in [0.1, 0.15) is 0 Å². The molecule has 1 rings (SSSR count). The molecule has 0 aliphatic heterocycles. The highest BCUT2D eigenvalue weighted by molar-refractivity contribution is 5.30. The Labute approximate surface area is 111 Å². The first kappa shape index (κ1) is 17.5. The standard InChI is InChI=1S/C10H7F9N2/c11-8(12,13)5-1-2-21-3-4(5)6(20)7(9(14,15)16)10(17,18)19/h1-3,6-7H,20H2. The molecule has 0 aliphatic carbocycles. The minimum atomic E-state index is -5.85. The van der Waals surface area contributed by atoms with Crippen LogP contribution in [0.25, 0.3) is 0 Å². The summed E-state index contributed by atoms with van der Waals surface area (Å²) in [5.41, 5.74) is 1.77. The van der Waals surface area contributed by atoms with Gasteiger partial charge in [-0.3, -0.25) is 4.98 Å². The van der Waals surface area contributed by atoms with Crippen molar-refractivity contribution in [1.29, 1.82) is 0 Å². The zero-order valence-electron chi connectivity index (χ0n) is 9.81. The number of halogens is 9. The second kappa shape index (κ2) is 5.35. The Morgan fingerprint density at radius 1 is 0.905 bits per heavy atom. The van der Waals surface area contributed by atoms with Crippen molar-refractivity contribution in [3.05, 3.63) is 29.6 Å². The molecule has 1 aromatic heterocycles. The highest BCUT2D eigenvalue weighted by Gasteiger charge is 2.60. The lowest BCUT2D eigenvalue weighted by molar-refractivity contribution is -0.290. The molecule has 1 atom stereocenters. The molecule has 1 heterocycles. The Morgan fingerprint density at radius 2 is 1.38 bits per heavy atom. The number of pyridine rings is 1. The van der Waals surface area contributed by atoms with Crippen LogP contribution in [0.15, 0.2) is 18.5 Å². The van der Waals surface area contributed by atoms with Crippen molar-refractivity contribution < 1.29 is 39.5 Å². The van der Waals surface area contributed by atoms with E-state index < -0.39 is 41.6 Å². The molecule has 1 aromatic rings. The fourth-order valence-electron chi connectivity index (χ4n) is 1.70. The van der Waals surface area contributed by atoms with Gasteiger partial charge in [0.15, 0.2) is 5.92 Å². The van der Waals surface area contributed by atoms with E-state index in [-0.39, 0.29) is 12.3 Å². The van der Waals surface area contributed by atoms with Crippen LogP contribution in [-0.4, -0.2) is 17.3 Å². The van der Waals surface area contributed by atoms with Gasteiger partial charge < -0.3 is 5.73 Å². The zero-order chi connectivity index (χ0) is 16.6. The normalized spacial score (nSPS) is 15.4. The predicted molar refractivity (Wildman–Crippen MR) is 51.8 cm³/mol. The van der Waals surface area contributed by atoms with Crippen molar-refractivity contribution in [2.24, 2.45) is 11.7 Å². The van der Waals surface area contributed by atoms with Crippen molar-refractivity contribution in [2.75, 3.05) is 0 Å². The maximum atomic E-state index is 12.6. The maximum absolute atomic E-state index is 12.6. The van der Waals surface area contributed by atoms with Gasteiger partial charge in [0.05, 0.1) is 11.6 Å². The van der Waals surface area contributed by atoms with E-state index in [1.807, 2.05) is 0 Å². The molecule has 0 aliphatic rings. The highest BCUT2D eigenvalue weighted by Crippen LogP contribution is 2.47. The van der Waals surface area contributed by atoms with Crippen molar-refractivity contribution in [2.45, 2.75) is 24.6 Å². The molecule has 0 bridgehead atoms. The number of hydrogen-bond donors (Lipinski definition) is 1. The second-order valence-corrected chi connectivity index (χ2v) is 4.05. The van der Waals surface area contributed by atoms with Crippen LogP contribution in [0.4, 0.5) is 39.5 Å². The van der Waals surface area contributed by atoms with Gasteiger partial charge in [-0.1, -0.05) is 0 Å². The summed E-state index contributed by atoms with van der Waals surface area (Å²) in [6.07, 6.45) is -16.0. The van der Waals surface area contributed by atoms with Crippen LogP contribution >= 0.6 is 0 Å². The lowest BCUT2D eigenvalue weighted by atomic mass is 9.90. The van der Waals surface area contributed by atoms with Gasteiger partial charge in [0, 0.05) is 18.0 Å². The number of hydrogen-bond acceptors (Lipinski definition) is 2. The Hall–Kier alpha value is -1.52. The van der Waals surface area contributed by atoms with Gasteiger partial charge in [-0.05, 0) is 6.07 Å². The molecule has 2 N–H and O–H groups in total. The van der Waals surface area contributed by atoms with Crippen molar-refractivity contribution >= 4 is 0 Å². The van der Waals surface area contributed by atoms with E-state index in [2.05, 4.69) is 4.98 Å². The summed E-state index contributed by atoms with van der Waals surface area (Å²) < 4.78 is 113. The maximum Gasteiger partial charge on any atom is 0.416 e. The van der Waals surface area contributed by atoms with Crippen molar-refractivity contribution in [1.82, 2.24) is 4.98 Å². The summed E-state index contributed by atoms with van der Waals surface area (Å²) in [6, 6.07) is -2.71. The molecule has 21 heavy (non-hydrogen) atoms. The number of alkyl halides is 9. The fraction of sp³-hybridized carbons (Fsp3) is 0.500. The molecular formula is C10H7F9N2. The Kier molecular flexibility index (Phi) is 4.47. The topological polar surface area (TPSA) is 38.9 Å². The largest absolute Gasteiger partial charge is 0.416 e. The summed E-state index contributed by atoms with van der Waals surface area (Å²) >= 11 is 0. The van der Waals surface area contributed by atoms with Gasteiger partial charge >= 0.3 is 18.5 Å². The predicted octanol–water partition coefficient (Wildman–Crippen LogP) is 3.84. The summed E-state index contributed by atoms with van der Waals surface area (Å²) in [5, 5.41) is 0. The number of aromatic nitrogens is 1. The Morgan fingerprint density at radius 3 is 1.76 bits per heavy atom. The van der Waals surface area contributed by atoms with Gasteiger partial charge in [-0.25, -0.2) is 0 Å². The molecule has 2 nitrogen and oxygen atoms in total. The molecule has 0 aromatic carbocycles. The lowest BCUT2D eigenvalue weighted by Gasteiger charge is -2.29. The van der Waals surface area contributed by atoms with E-state index in [1.165, 1.54) is 0 Å². The molecule has 0 fully saturated rings. The zero-order valence-corrected chi connectivity index (χ0v) is 9.81. The average Bonchev–Trinajstić information content (AvgIpc) is 2.23. The lowest BCUT2D eigenvalue weighted by Crippen LogP contribution is -2.44. The number of nitrogens with zero attached hydrogens (tertiary/aromatic N) is 1. The average molecular weight is 326 g/mol. The van der Waals surface area contributed by atoms with Crippen LogP contribution in [0.1, 0.15) is 17.2 Å². The third kappa shape index (κ3) is 3.99. The van der Waals surface area contributed by atoms with Crippen LogP contribution in [-0.2, 0) is 6.18 Å². The molecule has 120 valence electrons. The van der Waals surface area contributed by atoms with Gasteiger partial charge in [0.25, 0.3) is 0 Å². The summed E-state index contributed by atoms with van der Waals surface area (Å²) in [5.74, 6) is -4.13. The van der Waals surface area contributed by atoms with Crippen LogP contribution in [0.3, 0.4) is 0 Å². The summed E-state index contributed by atoms with van der Waals surface area (Å²) in [7, 11) is 0. The summed E-state index contributed by atoms with van der Waals surface area (Å²) in [6.45, 7) is 0. The molecule has 0 saturated carbocycles. The van der Waals surface area contributed by atoms with E-state index >= 15 is 0 Å². The fourth-order valence-corrected chi connectivity index (χ4v) is 1.70. The quantitative estimate of drug-likeness (QED) is 0.839. The Balaban J connectivity index is 3.39. The minimum absolute atomic E-state index is 0.248. The molecule has 1 unspecified atom stereocenters. The molecule has 0 saturated heterocycles. The van der Waals surface area contributed by atoms with Crippen LogP contribution in [0.2, 0.25) is 0 Å². The SMILES string of the molecule is NC(c1cnccc1C(F)(F)F)C(C(F)(F)F)C(F)(F)F. The van der Waals surface area contributed by atoms with Crippen molar-refractivity contribution in [3.63, 3.8) is 0 Å². The van der Waals surface area contributed by atoms with E-state index in [4.69, 9.17) is 5.73 Å². The monoisotopic (exact) mass is 326 g/mol. The second-order valence-electron chi connectivity index (χ2n) is 4.05. The highest BCUT2D eigenvalue weighted by atomic mass is 19.4. The van der Waals surface area contributed by atoms with Gasteiger partial charge in [-0.2, -0.15) is 39.5 Å². The first-order chi connectivity index (χ1) is 9.26. The smallest absolute Gasteiger partial charge is 0.323 e. The van der Waals surface area contributed by atoms with E-state index in [1.54, 1.807) is 0 Å². The van der Waals surface area contributed by atoms with Gasteiger partial charge in [0.2, 0.25) is 0 Å². The minimum Gasteiger partial charge on any atom is -0.323 e. The summed E-state index contributed by atoms with van der Waals surface area (Å²) in [4.78, 5) is 3.11. The van der Waals surface area contributed by atoms with E-state index in [0.29, 0.717) is 6.20 Å². The number of nitrogens with two attached hydrogens (primary N) is 1. The van der Waals surface area contributed by atoms with Crippen LogP contribution in [0, 0.1) is 5.92 Å². The van der Waals surface area contributed by atoms with Crippen LogP contribution < -0.4 is 5.73 Å².